The van der Waals surface area contributed by atoms with Gasteiger partial charge in [0.2, 0.25) is 5.91 Å². The topological polar surface area (TPSA) is 54.8 Å². The first kappa shape index (κ1) is 21.4. The Labute approximate surface area is 334 Å². The molecule has 1 aliphatic heterocycles. The van der Waals surface area contributed by atoms with Gasteiger partial charge in [-0.15, -0.1) is 11.8 Å². The number of piperidine rings is 1. The molecule has 0 N–H and O–H groups in total. The van der Waals surface area contributed by atoms with Crippen molar-refractivity contribution in [1.82, 2.24) is 14.4 Å². The number of thioether (sulfide) groups is 1. The van der Waals surface area contributed by atoms with E-state index in [1.807, 2.05) is 0 Å². The van der Waals surface area contributed by atoms with E-state index in [1.54, 1.807) is 0 Å². The van der Waals surface area contributed by atoms with Crippen LogP contribution in [-0.4, -0.2) is 59.4 Å². The van der Waals surface area contributed by atoms with E-state index in [-0.39, 0.29) is 37.6 Å². The number of carbonyl (C=O) groups excluding carboxylic acids is 1. The van der Waals surface area contributed by atoms with Gasteiger partial charge in [0.05, 0.1) is 36.4 Å². The van der Waals surface area contributed by atoms with E-state index in [1.165, 1.54) is 31.2 Å². The number of likely N-dealkylation sites (tertiary alicyclic amines) is 1. The van der Waals surface area contributed by atoms with Gasteiger partial charge in [0, 0.05) is 72.9 Å². The molecule has 1 fully saturated rings. The standard InChI is InChI=1S/C41H40F5N3O3S/c1-27-6-15-36-34(22-27)37(50)23-39(53-26-31-4-3-5-35(42)40(31)43)49(36)25-38(51)48(33-16-18-47(19-17-33)20-21-52-2)24-28-7-9-29(10-8-28)30-11-13-32(14-12-30)41(44,45)46/h3-15,22-23,33H,16-21,24-26H2,1-2H3/i2D3,6D,15D,16D2,17D2,18D2,19D2,21D2,22D,23D,33D. The normalized spacial score (nSPS) is 24.0. The molecule has 2 heterocycles. The van der Waals surface area contributed by atoms with Gasteiger partial charge in [-0.1, -0.05) is 60.1 Å². The molecule has 0 atom stereocenters. The third kappa shape index (κ3) is 9.17. The largest absolute Gasteiger partial charge is 0.416 e. The van der Waals surface area contributed by atoms with Crippen molar-refractivity contribution in [1.29, 1.82) is 0 Å². The molecule has 0 spiro atoms. The third-order valence-electron chi connectivity index (χ3n) is 7.89. The fourth-order valence-corrected chi connectivity index (χ4v) is 6.21. The highest BCUT2D eigenvalue weighted by Crippen LogP contribution is 2.32. The Kier molecular flexibility index (Phi) is 6.72. The molecule has 1 aromatic heterocycles. The first-order valence-electron chi connectivity index (χ1n) is 24.6. The highest BCUT2D eigenvalue weighted by Gasteiger charge is 2.31. The minimum atomic E-state index is -4.67. The van der Waals surface area contributed by atoms with Gasteiger partial charge in [0.1, 0.15) is 6.54 Å². The van der Waals surface area contributed by atoms with Crippen LogP contribution in [0, 0.1) is 18.6 Å². The monoisotopic (exact) mass is 767 g/mol. The van der Waals surface area contributed by atoms with Crippen LogP contribution in [-0.2, 0) is 34.6 Å². The zero-order valence-electron chi connectivity index (χ0n) is 45.5. The molecule has 278 valence electrons. The summed E-state index contributed by atoms with van der Waals surface area (Å²) >= 11 is 0.426. The number of nitrogens with zero attached hydrogens (tertiary/aromatic N) is 3. The van der Waals surface area contributed by atoms with Gasteiger partial charge in [-0.25, -0.2) is 8.78 Å². The molecule has 1 aliphatic rings. The van der Waals surface area contributed by atoms with Crippen LogP contribution in [0.4, 0.5) is 22.0 Å². The van der Waals surface area contributed by atoms with Gasteiger partial charge in [0.25, 0.3) is 0 Å². The maximum absolute atomic E-state index is 15.3. The molecular weight excluding hydrogens is 710 g/mol. The Morgan fingerprint density at radius 1 is 1.06 bits per heavy atom. The van der Waals surface area contributed by atoms with E-state index in [0.29, 0.717) is 16.3 Å². The second kappa shape index (κ2) is 16.7. The van der Waals surface area contributed by atoms with Crippen molar-refractivity contribution >= 4 is 28.6 Å². The summed E-state index contributed by atoms with van der Waals surface area (Å²) in [5, 5.41) is -1.31. The number of benzene rings is 4. The van der Waals surface area contributed by atoms with E-state index >= 15 is 4.79 Å². The summed E-state index contributed by atoms with van der Waals surface area (Å²) in [4.78, 5) is 29.0. The first-order chi connectivity index (χ1) is 32.4. The second-order valence-corrected chi connectivity index (χ2v) is 12.4. The smallest absolute Gasteiger partial charge is 0.383 e. The first-order valence-corrected chi connectivity index (χ1v) is 16.6. The van der Waals surface area contributed by atoms with Crippen LogP contribution in [0.3, 0.4) is 0 Å². The van der Waals surface area contributed by atoms with E-state index in [4.69, 9.17) is 17.8 Å². The van der Waals surface area contributed by atoms with Crippen LogP contribution in [0.1, 0.15) is 59.7 Å². The molecule has 1 saturated heterocycles. The predicted octanol–water partition coefficient (Wildman–Crippen LogP) is 8.71. The van der Waals surface area contributed by atoms with E-state index < -0.39 is 146 Å². The summed E-state index contributed by atoms with van der Waals surface area (Å²) in [6.07, 6.45) is -13.1. The number of methoxy groups -OCH3 is 1. The number of aromatic nitrogens is 1. The number of hydrogen-bond acceptors (Lipinski definition) is 5. The summed E-state index contributed by atoms with van der Waals surface area (Å²) < 4.78 is 231. The van der Waals surface area contributed by atoms with Gasteiger partial charge in [-0.05, 0) is 66.6 Å². The van der Waals surface area contributed by atoms with E-state index in [2.05, 4.69) is 4.74 Å². The van der Waals surface area contributed by atoms with Crippen molar-refractivity contribution < 1.29 is 56.2 Å². The zero-order chi connectivity index (χ0) is 53.6. The minimum Gasteiger partial charge on any atom is -0.383 e. The number of hydrogen-bond donors (Lipinski definition) is 0. The van der Waals surface area contributed by atoms with Crippen LogP contribution >= 0.6 is 11.8 Å². The number of halogens is 5. The van der Waals surface area contributed by atoms with Crippen molar-refractivity contribution in [2.75, 3.05) is 33.1 Å². The summed E-state index contributed by atoms with van der Waals surface area (Å²) in [7, 11) is -3.55. The molecule has 0 unspecified atom stereocenters. The lowest BCUT2D eigenvalue weighted by molar-refractivity contribution is -0.137. The Morgan fingerprint density at radius 2 is 1.75 bits per heavy atom. The maximum Gasteiger partial charge on any atom is 0.416 e. The molecular formula is C41H40F5N3O3S. The number of pyridine rings is 1. The average molecular weight is 768 g/mol. The van der Waals surface area contributed by atoms with Crippen LogP contribution in [0.25, 0.3) is 22.0 Å². The fraction of sp³-hybridized carbons (Fsp3) is 0.317. The number of ether oxygens (including phenoxy) is 1. The van der Waals surface area contributed by atoms with Crippen molar-refractivity contribution in [2.24, 2.45) is 0 Å². The van der Waals surface area contributed by atoms with Crippen LogP contribution in [0.5, 0.6) is 0 Å². The number of carbonyl (C=O) groups is 1. The minimum absolute atomic E-state index is 0.0655. The van der Waals surface area contributed by atoms with Crippen molar-refractivity contribution in [3.63, 3.8) is 0 Å². The van der Waals surface area contributed by atoms with E-state index in [9.17, 15) is 33.6 Å². The maximum atomic E-state index is 15.3. The third-order valence-corrected chi connectivity index (χ3v) is 8.95. The number of rotatable bonds is 12. The van der Waals surface area contributed by atoms with E-state index in [0.717, 1.165) is 42.5 Å². The van der Waals surface area contributed by atoms with Crippen molar-refractivity contribution in [3.8, 4) is 11.1 Å². The van der Waals surface area contributed by atoms with Crippen LogP contribution in [0.15, 0.2) is 101 Å². The van der Waals surface area contributed by atoms with Gasteiger partial charge in [-0.2, -0.15) is 13.2 Å². The summed E-state index contributed by atoms with van der Waals surface area (Å²) in [5.41, 5.74) is -3.09. The van der Waals surface area contributed by atoms with Gasteiger partial charge >= 0.3 is 6.18 Å². The molecule has 0 bridgehead atoms. The number of amides is 1. The lowest BCUT2D eigenvalue weighted by Crippen LogP contribution is -2.48. The second-order valence-electron chi connectivity index (χ2n) is 11.5. The fourth-order valence-electron chi connectivity index (χ4n) is 5.22. The Hall–Kier alpha value is -4.52. The van der Waals surface area contributed by atoms with Gasteiger partial charge in [0.15, 0.2) is 17.1 Å². The highest BCUT2D eigenvalue weighted by atomic mass is 32.2. The summed E-state index contributed by atoms with van der Waals surface area (Å²) in [5.74, 6) is -4.88. The number of fused-ring (bicyclic) bond motifs is 1. The van der Waals surface area contributed by atoms with Crippen LogP contribution in [0.2, 0.25) is 0 Å². The lowest BCUT2D eigenvalue weighted by Gasteiger charge is -2.39. The number of alkyl halides is 3. The molecule has 12 heteroatoms. The van der Waals surface area contributed by atoms with Crippen molar-refractivity contribution in [2.45, 2.75) is 55.7 Å². The molecule has 0 radical (unpaired) electrons. The zero-order valence-corrected chi connectivity index (χ0v) is 28.4. The van der Waals surface area contributed by atoms with Gasteiger partial charge in [-0.3, -0.25) is 9.59 Å². The molecule has 1 amide bonds. The molecule has 53 heavy (non-hydrogen) atoms. The molecule has 4 aromatic carbocycles. The SMILES string of the molecule is [2H]c1c(C)c([2H])c2c(=O)c([2H])c(SCc3cccc(F)c3F)n(CC(=O)N(Cc3ccc(-c4ccc(C(F)(F)F)cc4)cc3)C3([2H])C([2H])([2H])C([2H])([2H])N(CC([2H])([2H])OC([2H])([2H])[2H])C([2H])([2H])C3([2H])[2H])c2c1[2H]. The predicted molar refractivity (Wildman–Crippen MR) is 198 cm³/mol. The quantitative estimate of drug-likeness (QED) is 0.0940. The van der Waals surface area contributed by atoms with Crippen LogP contribution < -0.4 is 5.43 Å². The van der Waals surface area contributed by atoms with Crippen molar-refractivity contribution in [3.05, 3.63) is 135 Å². The molecule has 6 rings (SSSR count). The summed E-state index contributed by atoms with van der Waals surface area (Å²) in [6, 6.07) is 4.62. The molecule has 5 aromatic rings. The molecule has 6 nitrogen and oxygen atoms in total. The summed E-state index contributed by atoms with van der Waals surface area (Å²) in [6.45, 7) is -14.9. The van der Waals surface area contributed by atoms with Gasteiger partial charge < -0.3 is 19.1 Å². The Balaban J connectivity index is 1.59. The Morgan fingerprint density at radius 3 is 2.43 bits per heavy atom. The lowest BCUT2D eigenvalue weighted by atomic mass is 10.00. The highest BCUT2D eigenvalue weighted by molar-refractivity contribution is 7.98. The molecule has 0 saturated carbocycles. The average Bonchev–Trinajstić information content (AvgIpc) is 3.26. The molecule has 0 aliphatic carbocycles. The Bertz CT molecular complexity index is 2930.